The maximum Gasteiger partial charge on any atom is 0.418 e. The van der Waals surface area contributed by atoms with Gasteiger partial charge in [-0.05, 0) is 24.6 Å². The molecule has 2 N–H and O–H groups in total. The number of aromatic nitrogens is 2. The minimum absolute atomic E-state index is 0.0567. The van der Waals surface area contributed by atoms with Crippen molar-refractivity contribution in [3.05, 3.63) is 29.1 Å². The minimum Gasteiger partial charge on any atom is -0.348 e. The zero-order chi connectivity index (χ0) is 16.7. The van der Waals surface area contributed by atoms with Crippen LogP contribution in [0.2, 0.25) is 0 Å². The molecule has 0 aliphatic heterocycles. The molecule has 0 unspecified atom stereocenters. The van der Waals surface area contributed by atoms with E-state index in [0.717, 1.165) is 6.07 Å². The number of rotatable bonds is 2. The molecule has 0 atom stereocenters. The van der Waals surface area contributed by atoms with Crippen molar-refractivity contribution < 1.29 is 18.0 Å². The maximum absolute atomic E-state index is 13.1. The van der Waals surface area contributed by atoms with E-state index in [1.54, 1.807) is 33.8 Å². The van der Waals surface area contributed by atoms with Gasteiger partial charge in [0.15, 0.2) is 0 Å². The van der Waals surface area contributed by atoms with Gasteiger partial charge in [0, 0.05) is 5.41 Å². The van der Waals surface area contributed by atoms with E-state index in [0.29, 0.717) is 16.9 Å². The lowest BCUT2D eigenvalue weighted by Gasteiger charge is -2.16. The van der Waals surface area contributed by atoms with E-state index < -0.39 is 17.2 Å². The number of nitrogens with zero attached hydrogens (tertiary/aromatic N) is 1. The third-order valence-corrected chi connectivity index (χ3v) is 3.18. The highest BCUT2D eigenvalue weighted by atomic mass is 19.4. The molecule has 4 nitrogen and oxygen atoms in total. The number of benzene rings is 1. The van der Waals surface area contributed by atoms with Gasteiger partial charge in [-0.25, -0.2) is 4.98 Å². The number of nitrogens with one attached hydrogen (secondary N) is 2. The van der Waals surface area contributed by atoms with Gasteiger partial charge in [0.05, 0.1) is 17.6 Å². The third-order valence-electron chi connectivity index (χ3n) is 3.18. The summed E-state index contributed by atoms with van der Waals surface area (Å²) in [5.41, 5.74) is -0.661. The molecule has 1 aromatic carbocycles. The van der Waals surface area contributed by atoms with E-state index in [2.05, 4.69) is 15.3 Å². The first kappa shape index (κ1) is 16.3. The van der Waals surface area contributed by atoms with Gasteiger partial charge in [0.25, 0.3) is 0 Å². The van der Waals surface area contributed by atoms with Gasteiger partial charge in [-0.1, -0.05) is 20.8 Å². The average molecular weight is 313 g/mol. The Morgan fingerprint density at radius 1 is 1.27 bits per heavy atom. The van der Waals surface area contributed by atoms with Crippen LogP contribution >= 0.6 is 0 Å². The number of halogens is 3. The van der Waals surface area contributed by atoms with Gasteiger partial charge >= 0.3 is 6.18 Å². The number of carbonyl (C=O) groups is 1. The summed E-state index contributed by atoms with van der Waals surface area (Å²) in [5, 5.41) is 2.66. The van der Waals surface area contributed by atoms with Crippen molar-refractivity contribution in [3.8, 4) is 0 Å². The Hall–Kier alpha value is -2.05. The first-order valence-corrected chi connectivity index (χ1v) is 6.83. The molecule has 2 rings (SSSR count). The second-order valence-corrected chi connectivity index (χ2v) is 6.32. The number of imidazole rings is 1. The number of aromatic amines is 1. The highest BCUT2D eigenvalue weighted by Crippen LogP contribution is 2.34. The van der Waals surface area contributed by atoms with Crippen LogP contribution in [-0.2, 0) is 17.5 Å². The summed E-state index contributed by atoms with van der Waals surface area (Å²) in [4.78, 5) is 18.6. The van der Waals surface area contributed by atoms with Crippen LogP contribution in [0.4, 0.5) is 13.2 Å². The summed E-state index contributed by atoms with van der Waals surface area (Å²) in [6.07, 6.45) is -4.47. The first-order chi connectivity index (χ1) is 9.98. The summed E-state index contributed by atoms with van der Waals surface area (Å²) < 4.78 is 39.2. The van der Waals surface area contributed by atoms with Crippen molar-refractivity contribution in [1.29, 1.82) is 0 Å². The van der Waals surface area contributed by atoms with Crippen LogP contribution in [0, 0.1) is 12.3 Å². The number of hydrogen-bond acceptors (Lipinski definition) is 2. The molecule has 0 bridgehead atoms. The Morgan fingerprint density at radius 2 is 1.91 bits per heavy atom. The zero-order valence-electron chi connectivity index (χ0n) is 12.9. The Labute approximate surface area is 126 Å². The SMILES string of the molecule is Cc1cc(C(F)(F)F)c2nc(CNC(=O)C(C)(C)C)[nH]c2c1. The van der Waals surface area contributed by atoms with Crippen LogP contribution < -0.4 is 5.32 Å². The summed E-state index contributed by atoms with van der Waals surface area (Å²) in [6.45, 7) is 6.92. The van der Waals surface area contributed by atoms with Gasteiger partial charge in [0.1, 0.15) is 11.3 Å². The number of hydrogen-bond donors (Lipinski definition) is 2. The van der Waals surface area contributed by atoms with E-state index >= 15 is 0 Å². The fourth-order valence-electron chi connectivity index (χ4n) is 2.04. The molecule has 2 aromatic rings. The lowest BCUT2D eigenvalue weighted by molar-refractivity contribution is -0.136. The molecule has 1 heterocycles. The molecule has 0 aliphatic rings. The standard InChI is InChI=1S/C15H18F3N3O/c1-8-5-9(15(16,17)18)12-10(6-8)20-11(21-12)7-19-13(22)14(2,3)4/h5-6H,7H2,1-4H3,(H,19,22)(H,20,21). The average Bonchev–Trinajstić information content (AvgIpc) is 2.74. The van der Waals surface area contributed by atoms with Gasteiger partial charge in [-0.15, -0.1) is 0 Å². The van der Waals surface area contributed by atoms with E-state index in [1.807, 2.05) is 0 Å². The zero-order valence-corrected chi connectivity index (χ0v) is 12.9. The fourth-order valence-corrected chi connectivity index (χ4v) is 2.04. The Balaban J connectivity index is 2.33. The second-order valence-electron chi connectivity index (χ2n) is 6.32. The summed E-state index contributed by atoms with van der Waals surface area (Å²) >= 11 is 0. The van der Waals surface area contributed by atoms with Crippen LogP contribution in [0.5, 0.6) is 0 Å². The molecule has 22 heavy (non-hydrogen) atoms. The number of carbonyl (C=O) groups excluding carboxylic acids is 1. The van der Waals surface area contributed by atoms with Crippen molar-refractivity contribution >= 4 is 16.9 Å². The molecular weight excluding hydrogens is 295 g/mol. The van der Waals surface area contributed by atoms with Crippen molar-refractivity contribution in [2.45, 2.75) is 40.4 Å². The van der Waals surface area contributed by atoms with Crippen molar-refractivity contribution in [3.63, 3.8) is 0 Å². The predicted octanol–water partition coefficient (Wildman–Crippen LogP) is 3.55. The third kappa shape index (κ3) is 3.40. The number of aryl methyl sites for hydroxylation is 1. The summed E-state index contributed by atoms with van der Waals surface area (Å²) in [7, 11) is 0. The molecule has 7 heteroatoms. The summed E-state index contributed by atoms with van der Waals surface area (Å²) in [5.74, 6) is 0.101. The molecule has 0 radical (unpaired) electrons. The lowest BCUT2D eigenvalue weighted by atomic mass is 9.96. The number of fused-ring (bicyclic) bond motifs is 1. The van der Waals surface area contributed by atoms with Crippen LogP contribution in [0.15, 0.2) is 12.1 Å². The monoisotopic (exact) mass is 313 g/mol. The second kappa shape index (κ2) is 5.30. The Kier molecular flexibility index (Phi) is 3.93. The lowest BCUT2D eigenvalue weighted by Crippen LogP contribution is -2.34. The summed E-state index contributed by atoms with van der Waals surface area (Å²) in [6, 6.07) is 2.67. The fraction of sp³-hybridized carbons (Fsp3) is 0.467. The van der Waals surface area contributed by atoms with E-state index in [-0.39, 0.29) is 18.0 Å². The van der Waals surface area contributed by atoms with Gasteiger partial charge in [-0.2, -0.15) is 13.2 Å². The highest BCUT2D eigenvalue weighted by molar-refractivity contribution is 5.82. The topological polar surface area (TPSA) is 57.8 Å². The van der Waals surface area contributed by atoms with E-state index in [4.69, 9.17) is 0 Å². The normalized spacial score (nSPS) is 12.7. The first-order valence-electron chi connectivity index (χ1n) is 6.83. The van der Waals surface area contributed by atoms with Crippen molar-refractivity contribution in [2.75, 3.05) is 0 Å². The smallest absolute Gasteiger partial charge is 0.348 e. The van der Waals surface area contributed by atoms with Crippen molar-refractivity contribution in [2.24, 2.45) is 5.41 Å². The van der Waals surface area contributed by atoms with Crippen LogP contribution in [0.25, 0.3) is 11.0 Å². The molecule has 1 aromatic heterocycles. The molecule has 0 fully saturated rings. The highest BCUT2D eigenvalue weighted by Gasteiger charge is 2.34. The van der Waals surface area contributed by atoms with Gasteiger partial charge in [-0.3, -0.25) is 4.79 Å². The molecule has 0 spiro atoms. The van der Waals surface area contributed by atoms with Gasteiger partial charge in [0.2, 0.25) is 5.91 Å². The minimum atomic E-state index is -4.47. The Morgan fingerprint density at radius 3 is 2.45 bits per heavy atom. The number of alkyl halides is 3. The molecule has 0 saturated carbocycles. The van der Waals surface area contributed by atoms with Crippen LogP contribution in [-0.4, -0.2) is 15.9 Å². The van der Waals surface area contributed by atoms with Gasteiger partial charge < -0.3 is 10.3 Å². The van der Waals surface area contributed by atoms with E-state index in [1.165, 1.54) is 0 Å². The van der Waals surface area contributed by atoms with E-state index in [9.17, 15) is 18.0 Å². The molecule has 0 saturated heterocycles. The predicted molar refractivity (Wildman–Crippen MR) is 77.1 cm³/mol. The quantitative estimate of drug-likeness (QED) is 0.891. The van der Waals surface area contributed by atoms with Crippen molar-refractivity contribution in [1.82, 2.24) is 15.3 Å². The van der Waals surface area contributed by atoms with Crippen LogP contribution in [0.3, 0.4) is 0 Å². The number of H-pyrrole nitrogens is 1. The van der Waals surface area contributed by atoms with Crippen LogP contribution in [0.1, 0.15) is 37.7 Å². The molecule has 1 amide bonds. The largest absolute Gasteiger partial charge is 0.418 e. The molecular formula is C15H18F3N3O. The molecule has 0 aliphatic carbocycles. The Bertz CT molecular complexity index is 711. The maximum atomic E-state index is 13.1. The molecule has 120 valence electrons. The number of amides is 1.